The summed E-state index contributed by atoms with van der Waals surface area (Å²) >= 11 is 0. The fourth-order valence-electron chi connectivity index (χ4n) is 7.89. The highest BCUT2D eigenvalue weighted by molar-refractivity contribution is 6.25. The lowest BCUT2D eigenvalue weighted by molar-refractivity contribution is 0.668. The van der Waals surface area contributed by atoms with Crippen LogP contribution in [0.2, 0.25) is 0 Å². The van der Waals surface area contributed by atoms with Crippen LogP contribution in [0.3, 0.4) is 0 Å². The summed E-state index contributed by atoms with van der Waals surface area (Å²) in [6, 6.07) is 61.0. The molecular formula is C49H31N3O2. The Morgan fingerprint density at radius 3 is 1.94 bits per heavy atom. The number of hydrogen-bond donors (Lipinski definition) is 1. The second-order valence-electron chi connectivity index (χ2n) is 13.8. The van der Waals surface area contributed by atoms with Gasteiger partial charge in [0.15, 0.2) is 5.84 Å². The summed E-state index contributed by atoms with van der Waals surface area (Å²) in [7, 11) is 0. The number of nitrogens with zero attached hydrogens (tertiary/aromatic N) is 2. The molecule has 0 saturated carbocycles. The fraction of sp³-hybridized carbons (Fsp3) is 0.0204. The Bertz CT molecular complexity index is 3130. The maximum atomic E-state index is 6.47. The summed E-state index contributed by atoms with van der Waals surface area (Å²) < 4.78 is 12.9. The Kier molecular flexibility index (Phi) is 6.85. The zero-order valence-corrected chi connectivity index (χ0v) is 29.0. The first-order chi connectivity index (χ1) is 26.7. The Balaban J connectivity index is 1.15. The maximum Gasteiger partial charge on any atom is 0.160 e. The predicted octanol–water partition coefficient (Wildman–Crippen LogP) is 12.5. The topological polar surface area (TPSA) is 63.0 Å². The summed E-state index contributed by atoms with van der Waals surface area (Å²) in [5, 5.41) is 10.2. The molecule has 2 aromatic heterocycles. The Morgan fingerprint density at radius 1 is 0.444 bits per heavy atom. The molecule has 3 heterocycles. The molecule has 11 rings (SSSR count). The van der Waals surface area contributed by atoms with E-state index in [1.165, 1.54) is 10.9 Å². The minimum absolute atomic E-state index is 0.400. The molecule has 0 bridgehead atoms. The van der Waals surface area contributed by atoms with Crippen molar-refractivity contribution in [2.24, 2.45) is 9.98 Å². The number of furan rings is 2. The quantitative estimate of drug-likeness (QED) is 0.195. The lowest BCUT2D eigenvalue weighted by Crippen LogP contribution is -2.33. The first-order valence-electron chi connectivity index (χ1n) is 18.2. The monoisotopic (exact) mass is 693 g/mol. The average molecular weight is 694 g/mol. The van der Waals surface area contributed by atoms with E-state index in [1.54, 1.807) is 0 Å². The minimum Gasteiger partial charge on any atom is -0.456 e. The Hall–Kier alpha value is -7.24. The number of nitrogens with one attached hydrogen (secondary N) is 1. The van der Waals surface area contributed by atoms with Gasteiger partial charge in [0, 0.05) is 32.7 Å². The highest BCUT2D eigenvalue weighted by Crippen LogP contribution is 2.40. The molecule has 1 unspecified atom stereocenters. The summed E-state index contributed by atoms with van der Waals surface area (Å²) in [6.45, 7) is 0. The molecule has 254 valence electrons. The normalized spacial score (nSPS) is 14.5. The molecule has 1 aliphatic heterocycles. The molecule has 8 aromatic carbocycles. The molecule has 1 aliphatic rings. The van der Waals surface area contributed by atoms with Crippen LogP contribution in [0.15, 0.2) is 195 Å². The van der Waals surface area contributed by atoms with Crippen molar-refractivity contribution < 1.29 is 8.83 Å². The molecule has 5 heteroatoms. The molecular weight excluding hydrogens is 663 g/mol. The average Bonchev–Trinajstić information content (AvgIpc) is 3.81. The molecule has 0 fully saturated rings. The lowest BCUT2D eigenvalue weighted by Gasteiger charge is -2.25. The fourth-order valence-corrected chi connectivity index (χ4v) is 7.89. The van der Waals surface area contributed by atoms with Gasteiger partial charge in [0.2, 0.25) is 0 Å². The molecule has 0 saturated heterocycles. The van der Waals surface area contributed by atoms with Gasteiger partial charge in [-0.05, 0) is 81.1 Å². The summed E-state index contributed by atoms with van der Waals surface area (Å²) in [6.07, 6.45) is -0.400. The third kappa shape index (κ3) is 5.01. The van der Waals surface area contributed by atoms with Crippen molar-refractivity contribution in [3.63, 3.8) is 0 Å². The lowest BCUT2D eigenvalue weighted by atomic mass is 9.93. The number of rotatable bonds is 5. The number of aliphatic imine (C=N–C) groups is 2. The number of amidine groups is 2. The number of fused-ring (bicyclic) bond motifs is 7. The largest absolute Gasteiger partial charge is 0.456 e. The zero-order chi connectivity index (χ0) is 35.6. The van der Waals surface area contributed by atoms with Crippen molar-refractivity contribution in [3.05, 3.63) is 193 Å². The van der Waals surface area contributed by atoms with Gasteiger partial charge >= 0.3 is 0 Å². The van der Waals surface area contributed by atoms with Crippen molar-refractivity contribution in [2.75, 3.05) is 0 Å². The molecule has 0 amide bonds. The standard InChI is InChI=1S/C49H31N3O2/c1-2-10-30(11-3-1)32-18-21-33(22-19-32)47-50-48(36-23-20-31-12-4-5-13-34(31)28-36)52-49(51-47)46-37(26-27-43-45(46)40-15-7-9-17-42(40)53-43)35-24-25-39-38-14-6-8-16-41(38)54-44(39)29-35/h1-29,47H,(H,50,51,52). The third-order valence-electron chi connectivity index (χ3n) is 10.6. The van der Waals surface area contributed by atoms with Crippen molar-refractivity contribution in [2.45, 2.75) is 6.17 Å². The van der Waals surface area contributed by atoms with Crippen LogP contribution in [-0.4, -0.2) is 11.7 Å². The number of hydrogen-bond acceptors (Lipinski definition) is 5. The second kappa shape index (κ2) is 12.2. The van der Waals surface area contributed by atoms with Crippen LogP contribution >= 0.6 is 0 Å². The first kappa shape index (κ1) is 30.4. The highest BCUT2D eigenvalue weighted by atomic mass is 16.3. The van der Waals surface area contributed by atoms with Crippen LogP contribution in [0.25, 0.3) is 76.9 Å². The van der Waals surface area contributed by atoms with E-state index in [-0.39, 0.29) is 0 Å². The maximum absolute atomic E-state index is 6.47. The van der Waals surface area contributed by atoms with Gasteiger partial charge in [-0.3, -0.25) is 0 Å². The number of para-hydroxylation sites is 2. The molecule has 10 aromatic rings. The van der Waals surface area contributed by atoms with Crippen molar-refractivity contribution in [1.29, 1.82) is 0 Å². The van der Waals surface area contributed by atoms with Crippen LogP contribution in [0.5, 0.6) is 0 Å². The Labute approximate surface area is 310 Å². The Morgan fingerprint density at radius 2 is 1.09 bits per heavy atom. The van der Waals surface area contributed by atoms with Gasteiger partial charge in [0.25, 0.3) is 0 Å². The number of benzene rings is 8. The van der Waals surface area contributed by atoms with Gasteiger partial charge in [-0.2, -0.15) is 0 Å². The molecule has 5 nitrogen and oxygen atoms in total. The van der Waals surface area contributed by atoms with E-state index in [1.807, 2.05) is 36.4 Å². The van der Waals surface area contributed by atoms with Gasteiger partial charge in [-0.15, -0.1) is 0 Å². The van der Waals surface area contributed by atoms with Gasteiger partial charge in [-0.25, -0.2) is 9.98 Å². The van der Waals surface area contributed by atoms with E-state index in [9.17, 15) is 0 Å². The molecule has 54 heavy (non-hydrogen) atoms. The zero-order valence-electron chi connectivity index (χ0n) is 29.0. The molecule has 0 radical (unpaired) electrons. The van der Waals surface area contributed by atoms with Gasteiger partial charge in [-0.1, -0.05) is 133 Å². The van der Waals surface area contributed by atoms with E-state index < -0.39 is 6.17 Å². The SMILES string of the molecule is c1ccc(-c2ccc(C3N=C(c4c(-c5ccc6c(c5)oc5ccccc56)ccc5oc6ccccc6c45)N=C(c4ccc5ccccc5c4)N3)cc2)cc1. The van der Waals surface area contributed by atoms with Gasteiger partial charge in [0.1, 0.15) is 34.3 Å². The van der Waals surface area contributed by atoms with E-state index >= 15 is 0 Å². The molecule has 0 spiro atoms. The van der Waals surface area contributed by atoms with E-state index in [0.29, 0.717) is 5.84 Å². The summed E-state index contributed by atoms with van der Waals surface area (Å²) in [5.41, 5.74) is 10.6. The van der Waals surface area contributed by atoms with Crippen LogP contribution in [-0.2, 0) is 0 Å². The first-order valence-corrected chi connectivity index (χ1v) is 18.2. The van der Waals surface area contributed by atoms with Gasteiger partial charge < -0.3 is 14.2 Å². The second-order valence-corrected chi connectivity index (χ2v) is 13.8. The van der Waals surface area contributed by atoms with Crippen LogP contribution in [0, 0.1) is 0 Å². The van der Waals surface area contributed by atoms with Crippen molar-refractivity contribution >= 4 is 66.3 Å². The molecule has 1 atom stereocenters. The molecule has 1 N–H and O–H groups in total. The van der Waals surface area contributed by atoms with E-state index in [2.05, 4.69) is 145 Å². The van der Waals surface area contributed by atoms with Crippen LogP contribution in [0.4, 0.5) is 0 Å². The predicted molar refractivity (Wildman–Crippen MR) is 221 cm³/mol. The summed E-state index contributed by atoms with van der Waals surface area (Å²) in [4.78, 5) is 10.8. The smallest absolute Gasteiger partial charge is 0.160 e. The van der Waals surface area contributed by atoms with Crippen LogP contribution in [0.1, 0.15) is 22.9 Å². The van der Waals surface area contributed by atoms with E-state index in [4.69, 9.17) is 18.8 Å². The van der Waals surface area contributed by atoms with Crippen LogP contribution < -0.4 is 5.32 Å². The van der Waals surface area contributed by atoms with E-state index in [0.717, 1.165) is 88.5 Å². The third-order valence-corrected chi connectivity index (χ3v) is 10.6. The summed E-state index contributed by atoms with van der Waals surface area (Å²) in [5.74, 6) is 1.39. The molecule has 0 aliphatic carbocycles. The minimum atomic E-state index is -0.400. The van der Waals surface area contributed by atoms with Crippen molar-refractivity contribution in [1.82, 2.24) is 5.32 Å². The highest BCUT2D eigenvalue weighted by Gasteiger charge is 2.27. The van der Waals surface area contributed by atoms with Gasteiger partial charge in [0.05, 0.1) is 0 Å². The van der Waals surface area contributed by atoms with Crippen molar-refractivity contribution in [3.8, 4) is 22.3 Å².